The Morgan fingerprint density at radius 1 is 1.53 bits per heavy atom. The van der Waals surface area contributed by atoms with E-state index in [4.69, 9.17) is 5.73 Å². The quantitative estimate of drug-likeness (QED) is 0.877. The van der Waals surface area contributed by atoms with E-state index in [9.17, 15) is 8.42 Å². The van der Waals surface area contributed by atoms with Crippen molar-refractivity contribution in [1.29, 1.82) is 0 Å². The number of hydrogen-bond donors (Lipinski definition) is 1. The van der Waals surface area contributed by atoms with Crippen molar-refractivity contribution in [2.75, 3.05) is 19.6 Å². The van der Waals surface area contributed by atoms with Crippen LogP contribution in [0.15, 0.2) is 11.2 Å². The fourth-order valence-corrected chi connectivity index (χ4v) is 3.99. The van der Waals surface area contributed by atoms with Gasteiger partial charge in [-0.3, -0.25) is 0 Å². The van der Waals surface area contributed by atoms with Crippen molar-refractivity contribution in [1.82, 2.24) is 13.9 Å². The molecule has 1 aromatic heterocycles. The van der Waals surface area contributed by atoms with Crippen LogP contribution in [-0.2, 0) is 16.6 Å². The predicted octanol–water partition coefficient (Wildman–Crippen LogP) is 0.571. The van der Waals surface area contributed by atoms with Crippen LogP contribution in [0.1, 0.15) is 26.1 Å². The van der Waals surface area contributed by atoms with Crippen LogP contribution in [0, 0.1) is 12.3 Å². The second kappa shape index (κ2) is 4.88. The molecule has 2 N–H and O–H groups in total. The maximum atomic E-state index is 12.5. The van der Waals surface area contributed by atoms with Crippen molar-refractivity contribution in [3.05, 3.63) is 12.0 Å². The first kappa shape index (κ1) is 14.5. The number of nitrogens with two attached hydrogens (primary N) is 1. The maximum absolute atomic E-state index is 12.5. The van der Waals surface area contributed by atoms with Crippen LogP contribution in [0.3, 0.4) is 0 Å². The summed E-state index contributed by atoms with van der Waals surface area (Å²) in [5.74, 6) is 0.724. The highest BCUT2D eigenvalue weighted by molar-refractivity contribution is 7.89. The molecule has 7 heteroatoms. The van der Waals surface area contributed by atoms with E-state index in [0.29, 0.717) is 19.6 Å². The summed E-state index contributed by atoms with van der Waals surface area (Å²) in [5.41, 5.74) is 5.61. The molecule has 2 rings (SSSR count). The topological polar surface area (TPSA) is 81.2 Å². The Labute approximate surface area is 114 Å². The van der Waals surface area contributed by atoms with Gasteiger partial charge in [0.25, 0.3) is 10.0 Å². The van der Waals surface area contributed by atoms with Gasteiger partial charge >= 0.3 is 0 Å². The summed E-state index contributed by atoms with van der Waals surface area (Å²) in [6.45, 7) is 8.02. The van der Waals surface area contributed by atoms with Gasteiger partial charge in [0.1, 0.15) is 5.82 Å². The molecular weight excluding hydrogens is 264 g/mol. The van der Waals surface area contributed by atoms with Crippen molar-refractivity contribution in [3.63, 3.8) is 0 Å². The minimum Gasteiger partial charge on any atom is -0.334 e. The number of aryl methyl sites for hydroxylation is 2. The van der Waals surface area contributed by atoms with Crippen molar-refractivity contribution in [2.24, 2.45) is 11.1 Å². The highest BCUT2D eigenvalue weighted by atomic mass is 32.2. The molecule has 108 valence electrons. The molecule has 0 amide bonds. The number of nitrogens with zero attached hydrogens (tertiary/aromatic N) is 3. The highest BCUT2D eigenvalue weighted by Crippen LogP contribution is 2.32. The molecule has 6 nitrogen and oxygen atoms in total. The Balaban J connectivity index is 2.28. The zero-order valence-electron chi connectivity index (χ0n) is 11.8. The normalized spacial score (nSPS) is 25.1. The lowest BCUT2D eigenvalue weighted by molar-refractivity contribution is 0.349. The second-order valence-electron chi connectivity index (χ2n) is 5.52. The van der Waals surface area contributed by atoms with Crippen molar-refractivity contribution in [2.45, 2.75) is 38.8 Å². The molecule has 1 aliphatic heterocycles. The standard InChI is InChI=1S/C12H22N4O2S/c1-4-15-7-11(14-10(15)2)19(17,18)16-6-5-12(3,8-13)9-16/h7H,4-6,8-9,13H2,1-3H3. The van der Waals surface area contributed by atoms with E-state index in [-0.39, 0.29) is 10.4 Å². The predicted molar refractivity (Wildman–Crippen MR) is 73.2 cm³/mol. The molecule has 0 saturated carbocycles. The number of sulfonamides is 1. The summed E-state index contributed by atoms with van der Waals surface area (Å²) < 4.78 is 28.4. The van der Waals surface area contributed by atoms with E-state index < -0.39 is 10.0 Å². The molecule has 1 atom stereocenters. The lowest BCUT2D eigenvalue weighted by Gasteiger charge is -2.21. The maximum Gasteiger partial charge on any atom is 0.262 e. The summed E-state index contributed by atoms with van der Waals surface area (Å²) in [7, 11) is -3.49. The molecule has 0 bridgehead atoms. The van der Waals surface area contributed by atoms with Crippen LogP contribution in [-0.4, -0.2) is 41.9 Å². The lowest BCUT2D eigenvalue weighted by atomic mass is 9.90. The molecule has 1 aliphatic rings. The van der Waals surface area contributed by atoms with E-state index >= 15 is 0 Å². The minimum atomic E-state index is -3.49. The van der Waals surface area contributed by atoms with Crippen molar-refractivity contribution < 1.29 is 8.42 Å². The first-order valence-electron chi connectivity index (χ1n) is 6.56. The Bertz CT molecular complexity index is 566. The van der Waals surface area contributed by atoms with E-state index in [2.05, 4.69) is 4.98 Å². The van der Waals surface area contributed by atoms with Gasteiger partial charge in [0.05, 0.1) is 0 Å². The van der Waals surface area contributed by atoms with E-state index in [1.807, 2.05) is 25.3 Å². The van der Waals surface area contributed by atoms with Crippen LogP contribution < -0.4 is 5.73 Å². The van der Waals surface area contributed by atoms with Gasteiger partial charge in [-0.15, -0.1) is 0 Å². The summed E-state index contributed by atoms with van der Waals surface area (Å²) in [6, 6.07) is 0. The summed E-state index contributed by atoms with van der Waals surface area (Å²) in [6.07, 6.45) is 2.42. The Kier molecular flexibility index (Phi) is 3.72. The molecule has 2 heterocycles. The molecule has 1 unspecified atom stereocenters. The van der Waals surface area contributed by atoms with Gasteiger partial charge in [0.15, 0.2) is 5.03 Å². The molecule has 19 heavy (non-hydrogen) atoms. The molecule has 0 aromatic carbocycles. The average molecular weight is 286 g/mol. The minimum absolute atomic E-state index is 0.116. The molecule has 1 fully saturated rings. The first-order chi connectivity index (χ1) is 8.82. The Morgan fingerprint density at radius 2 is 2.21 bits per heavy atom. The van der Waals surface area contributed by atoms with E-state index in [1.54, 1.807) is 6.20 Å². The fraction of sp³-hybridized carbons (Fsp3) is 0.750. The summed E-state index contributed by atoms with van der Waals surface area (Å²) >= 11 is 0. The number of rotatable bonds is 4. The number of imidazole rings is 1. The molecule has 1 aromatic rings. The monoisotopic (exact) mass is 286 g/mol. The molecule has 0 aliphatic carbocycles. The van der Waals surface area contributed by atoms with Gasteiger partial charge in [-0.2, -0.15) is 4.31 Å². The van der Waals surface area contributed by atoms with Gasteiger partial charge in [-0.1, -0.05) is 6.92 Å². The number of aromatic nitrogens is 2. The lowest BCUT2D eigenvalue weighted by Crippen LogP contribution is -2.34. The smallest absolute Gasteiger partial charge is 0.262 e. The third-order valence-electron chi connectivity index (χ3n) is 3.91. The van der Waals surface area contributed by atoms with Crippen LogP contribution in [0.5, 0.6) is 0 Å². The van der Waals surface area contributed by atoms with Gasteiger partial charge in [-0.25, -0.2) is 13.4 Å². The Hall–Kier alpha value is -0.920. The molecule has 1 saturated heterocycles. The SMILES string of the molecule is CCn1cc(S(=O)(=O)N2CCC(C)(CN)C2)nc1C. The van der Waals surface area contributed by atoms with Gasteiger partial charge in [0, 0.05) is 25.8 Å². The van der Waals surface area contributed by atoms with Crippen molar-refractivity contribution in [3.8, 4) is 0 Å². The zero-order valence-corrected chi connectivity index (χ0v) is 12.6. The number of hydrogen-bond acceptors (Lipinski definition) is 4. The summed E-state index contributed by atoms with van der Waals surface area (Å²) in [5, 5.41) is 0.146. The van der Waals surface area contributed by atoms with E-state index in [0.717, 1.165) is 18.8 Å². The van der Waals surface area contributed by atoms with E-state index in [1.165, 1.54) is 4.31 Å². The van der Waals surface area contributed by atoms with Crippen LogP contribution in [0.25, 0.3) is 0 Å². The largest absolute Gasteiger partial charge is 0.334 e. The second-order valence-corrected chi connectivity index (χ2v) is 7.40. The molecule has 0 spiro atoms. The first-order valence-corrected chi connectivity index (χ1v) is 8.00. The van der Waals surface area contributed by atoms with Gasteiger partial charge < -0.3 is 10.3 Å². The average Bonchev–Trinajstić information content (AvgIpc) is 2.94. The van der Waals surface area contributed by atoms with Crippen LogP contribution in [0.2, 0.25) is 0 Å². The van der Waals surface area contributed by atoms with Gasteiger partial charge in [0.2, 0.25) is 0 Å². The fourth-order valence-electron chi connectivity index (χ4n) is 2.41. The highest BCUT2D eigenvalue weighted by Gasteiger charge is 2.39. The third-order valence-corrected chi connectivity index (χ3v) is 5.63. The van der Waals surface area contributed by atoms with Gasteiger partial charge in [-0.05, 0) is 32.2 Å². The van der Waals surface area contributed by atoms with Crippen LogP contribution in [0.4, 0.5) is 0 Å². The third kappa shape index (κ3) is 2.54. The molecular formula is C12H22N4O2S. The van der Waals surface area contributed by atoms with Crippen molar-refractivity contribution >= 4 is 10.0 Å². The Morgan fingerprint density at radius 3 is 2.68 bits per heavy atom. The summed E-state index contributed by atoms with van der Waals surface area (Å²) in [4.78, 5) is 4.17. The molecule has 0 radical (unpaired) electrons. The van der Waals surface area contributed by atoms with Crippen LogP contribution >= 0.6 is 0 Å². The zero-order chi connectivity index (χ0) is 14.3.